The lowest BCUT2D eigenvalue weighted by Gasteiger charge is -2.19. The highest BCUT2D eigenvalue weighted by Crippen LogP contribution is 2.30. The smallest absolute Gasteiger partial charge is 0.387 e. The second-order valence-electron chi connectivity index (χ2n) is 3.67. The van der Waals surface area contributed by atoms with Gasteiger partial charge in [0.1, 0.15) is 17.7 Å². The van der Waals surface area contributed by atoms with E-state index >= 15 is 0 Å². The third kappa shape index (κ3) is 4.42. The Morgan fingerprint density at radius 1 is 1.32 bits per heavy atom. The second-order valence-corrected chi connectivity index (χ2v) is 3.67. The predicted molar refractivity (Wildman–Crippen MR) is 56.3 cm³/mol. The average molecular weight is 280 g/mol. The molecule has 1 aromatic carbocycles. The molecule has 0 amide bonds. The summed E-state index contributed by atoms with van der Waals surface area (Å²) in [6, 6.07) is 2.41. The molecular weight excluding hydrogens is 269 g/mol. The molecule has 19 heavy (non-hydrogen) atoms. The zero-order valence-corrected chi connectivity index (χ0v) is 9.46. The fraction of sp³-hybridized carbons (Fsp3) is 0.364. The molecule has 0 aliphatic carbocycles. The normalized spacial score (nSPS) is 14.2. The van der Waals surface area contributed by atoms with Gasteiger partial charge >= 0.3 is 12.6 Å². The van der Waals surface area contributed by atoms with Crippen LogP contribution in [0, 0.1) is 5.82 Å². The maximum Gasteiger partial charge on any atom is 0.387 e. The first-order valence-electron chi connectivity index (χ1n) is 5.13. The Labute approximate surface area is 105 Å². The fourth-order valence-corrected chi connectivity index (χ4v) is 1.45. The lowest BCUT2D eigenvalue weighted by Crippen LogP contribution is -2.22. The van der Waals surface area contributed by atoms with Crippen LogP contribution in [-0.2, 0) is 4.79 Å². The molecule has 0 heterocycles. The zero-order valence-electron chi connectivity index (χ0n) is 9.46. The van der Waals surface area contributed by atoms with Crippen LogP contribution in [0.15, 0.2) is 18.2 Å². The third-order valence-corrected chi connectivity index (χ3v) is 2.26. The molecule has 8 heteroatoms. The van der Waals surface area contributed by atoms with Gasteiger partial charge in [0.25, 0.3) is 0 Å². The molecule has 106 valence electrons. The highest BCUT2D eigenvalue weighted by Gasteiger charge is 2.25. The van der Waals surface area contributed by atoms with Crippen LogP contribution in [0.2, 0.25) is 0 Å². The summed E-state index contributed by atoms with van der Waals surface area (Å²) in [6.07, 6.45) is -4.32. The highest BCUT2D eigenvalue weighted by molar-refractivity contribution is 5.67. The standard InChI is InChI=1S/C11H11F3O5/c12-5-1-2-6(8(3-5)19-11(13)14)10(18)7(15)4-9(16)17/h1-3,7,10-11,15,18H,4H2,(H,16,17). The molecule has 0 saturated heterocycles. The van der Waals surface area contributed by atoms with E-state index < -0.39 is 42.8 Å². The number of hydrogen-bond acceptors (Lipinski definition) is 4. The largest absolute Gasteiger partial charge is 0.481 e. The Morgan fingerprint density at radius 2 is 1.95 bits per heavy atom. The highest BCUT2D eigenvalue weighted by atomic mass is 19.3. The number of alkyl halides is 2. The van der Waals surface area contributed by atoms with Gasteiger partial charge in [-0.25, -0.2) is 4.39 Å². The molecule has 0 aliphatic heterocycles. The summed E-state index contributed by atoms with van der Waals surface area (Å²) in [4.78, 5) is 10.4. The van der Waals surface area contributed by atoms with Crippen LogP contribution in [0.3, 0.4) is 0 Å². The quantitative estimate of drug-likeness (QED) is 0.731. The number of ether oxygens (including phenoxy) is 1. The molecule has 0 fully saturated rings. The summed E-state index contributed by atoms with van der Waals surface area (Å²) >= 11 is 0. The van der Waals surface area contributed by atoms with Crippen molar-refractivity contribution in [1.29, 1.82) is 0 Å². The Hall–Kier alpha value is -1.80. The molecule has 3 N–H and O–H groups in total. The van der Waals surface area contributed by atoms with Gasteiger partial charge in [0.05, 0.1) is 12.5 Å². The van der Waals surface area contributed by atoms with Gasteiger partial charge < -0.3 is 20.1 Å². The minimum Gasteiger partial charge on any atom is -0.481 e. The Bertz CT molecular complexity index is 452. The minimum absolute atomic E-state index is 0.324. The van der Waals surface area contributed by atoms with Gasteiger partial charge in [0, 0.05) is 11.6 Å². The average Bonchev–Trinajstić information content (AvgIpc) is 2.26. The van der Waals surface area contributed by atoms with E-state index in [2.05, 4.69) is 4.74 Å². The van der Waals surface area contributed by atoms with Crippen molar-refractivity contribution in [2.24, 2.45) is 0 Å². The first-order valence-corrected chi connectivity index (χ1v) is 5.13. The number of carboxylic acid groups (broad SMARTS) is 1. The predicted octanol–water partition coefficient (Wildman–Crippen LogP) is 1.30. The molecule has 2 unspecified atom stereocenters. The van der Waals surface area contributed by atoms with Crippen LogP contribution in [0.4, 0.5) is 13.2 Å². The van der Waals surface area contributed by atoms with Crippen LogP contribution >= 0.6 is 0 Å². The molecule has 0 bridgehead atoms. The van der Waals surface area contributed by atoms with E-state index in [1.165, 1.54) is 0 Å². The zero-order chi connectivity index (χ0) is 14.6. The molecular formula is C11H11F3O5. The maximum atomic E-state index is 12.9. The van der Waals surface area contributed by atoms with E-state index in [0.29, 0.717) is 6.07 Å². The molecule has 5 nitrogen and oxygen atoms in total. The lowest BCUT2D eigenvalue weighted by atomic mass is 10.0. The summed E-state index contributed by atoms with van der Waals surface area (Å²) in [5.41, 5.74) is -0.324. The van der Waals surface area contributed by atoms with Gasteiger partial charge in [-0.3, -0.25) is 4.79 Å². The van der Waals surface area contributed by atoms with Crippen molar-refractivity contribution in [2.45, 2.75) is 25.2 Å². The van der Waals surface area contributed by atoms with Gasteiger partial charge in [-0.15, -0.1) is 0 Å². The van der Waals surface area contributed by atoms with E-state index in [1.54, 1.807) is 0 Å². The van der Waals surface area contributed by atoms with Crippen molar-refractivity contribution in [1.82, 2.24) is 0 Å². The molecule has 1 rings (SSSR count). The summed E-state index contributed by atoms with van der Waals surface area (Å²) < 4.78 is 41.2. The molecule has 0 aromatic heterocycles. The number of rotatable bonds is 6. The van der Waals surface area contributed by atoms with Crippen LogP contribution in [0.5, 0.6) is 5.75 Å². The van der Waals surface area contributed by atoms with Crippen LogP contribution < -0.4 is 4.74 Å². The van der Waals surface area contributed by atoms with Gasteiger partial charge in [-0.05, 0) is 12.1 Å². The van der Waals surface area contributed by atoms with Crippen molar-refractivity contribution in [2.75, 3.05) is 0 Å². The van der Waals surface area contributed by atoms with Crippen molar-refractivity contribution in [3.05, 3.63) is 29.6 Å². The fourth-order valence-electron chi connectivity index (χ4n) is 1.45. The SMILES string of the molecule is O=C(O)CC(O)C(O)c1ccc(F)cc1OC(F)F. The van der Waals surface area contributed by atoms with Gasteiger partial charge in [-0.1, -0.05) is 0 Å². The van der Waals surface area contributed by atoms with Gasteiger partial charge in [0.2, 0.25) is 0 Å². The number of carbonyl (C=O) groups is 1. The van der Waals surface area contributed by atoms with Crippen LogP contribution in [0.25, 0.3) is 0 Å². The number of aliphatic carboxylic acids is 1. The third-order valence-electron chi connectivity index (χ3n) is 2.26. The summed E-state index contributed by atoms with van der Waals surface area (Å²) in [5.74, 6) is -2.92. The van der Waals surface area contributed by atoms with E-state index in [-0.39, 0.29) is 5.56 Å². The monoisotopic (exact) mass is 280 g/mol. The Morgan fingerprint density at radius 3 is 2.47 bits per heavy atom. The van der Waals surface area contributed by atoms with Crippen LogP contribution in [-0.4, -0.2) is 34.0 Å². The van der Waals surface area contributed by atoms with Crippen molar-refractivity contribution < 1.29 is 38.0 Å². The molecule has 0 aliphatic rings. The Balaban J connectivity index is 3.00. The van der Waals surface area contributed by atoms with Crippen molar-refractivity contribution >= 4 is 5.97 Å². The first-order chi connectivity index (χ1) is 8.81. The number of aliphatic hydroxyl groups excluding tert-OH is 2. The number of aliphatic hydroxyl groups is 2. The van der Waals surface area contributed by atoms with Crippen LogP contribution in [0.1, 0.15) is 18.1 Å². The topological polar surface area (TPSA) is 87.0 Å². The maximum absolute atomic E-state index is 12.9. The van der Waals surface area contributed by atoms with E-state index in [1.807, 2.05) is 0 Å². The minimum atomic E-state index is -3.25. The Kier molecular flexibility index (Phi) is 5.13. The van der Waals surface area contributed by atoms with E-state index in [0.717, 1.165) is 12.1 Å². The summed E-state index contributed by atoms with van der Waals surface area (Å²) in [5, 5.41) is 27.5. The van der Waals surface area contributed by atoms with Crippen molar-refractivity contribution in [3.8, 4) is 5.75 Å². The molecule has 0 radical (unpaired) electrons. The molecule has 1 aromatic rings. The van der Waals surface area contributed by atoms with Gasteiger partial charge in [-0.2, -0.15) is 8.78 Å². The number of benzene rings is 1. The second kappa shape index (κ2) is 6.39. The van der Waals surface area contributed by atoms with E-state index in [9.17, 15) is 28.2 Å². The lowest BCUT2D eigenvalue weighted by molar-refractivity contribution is -0.141. The van der Waals surface area contributed by atoms with Crippen molar-refractivity contribution in [3.63, 3.8) is 0 Å². The molecule has 0 spiro atoms. The molecule has 0 saturated carbocycles. The number of hydrogen-bond donors (Lipinski definition) is 3. The first kappa shape index (κ1) is 15.3. The van der Waals surface area contributed by atoms with Gasteiger partial charge in [0.15, 0.2) is 0 Å². The van der Waals surface area contributed by atoms with E-state index in [4.69, 9.17) is 5.11 Å². The molecule has 2 atom stereocenters. The summed E-state index contributed by atoms with van der Waals surface area (Å²) in [6.45, 7) is -3.25. The summed E-state index contributed by atoms with van der Waals surface area (Å²) in [7, 11) is 0. The number of halogens is 3. The number of carboxylic acids is 1.